The third kappa shape index (κ3) is 4.82. The molecule has 0 aromatic heterocycles. The Kier molecular flexibility index (Phi) is 6.86. The van der Waals surface area contributed by atoms with E-state index in [9.17, 15) is 18.6 Å². The van der Waals surface area contributed by atoms with Gasteiger partial charge in [0.05, 0.1) is 17.1 Å². The first-order valence-corrected chi connectivity index (χ1v) is 15.2. The molecule has 2 aliphatic carbocycles. The summed E-state index contributed by atoms with van der Waals surface area (Å²) in [6.45, 7) is 2.03. The summed E-state index contributed by atoms with van der Waals surface area (Å²) in [5.41, 5.74) is 0.461. The van der Waals surface area contributed by atoms with Gasteiger partial charge in [0, 0.05) is 30.7 Å². The van der Waals surface area contributed by atoms with Crippen molar-refractivity contribution in [3.63, 3.8) is 0 Å². The maximum Gasteiger partial charge on any atom is 0.166 e. The SMILES string of the molecule is CN(C)C1(c2ccccc2)CCC2(CC1)CN(CC1CCS(=O)(=O)CC1)C(O)N2CC1(O)CCC1. The van der Waals surface area contributed by atoms with Crippen LogP contribution in [-0.2, 0) is 15.4 Å². The van der Waals surface area contributed by atoms with Crippen LogP contribution in [0.2, 0.25) is 0 Å². The highest BCUT2D eigenvalue weighted by atomic mass is 32.2. The summed E-state index contributed by atoms with van der Waals surface area (Å²) in [5, 5.41) is 22.6. The van der Waals surface area contributed by atoms with Crippen LogP contribution in [0.4, 0.5) is 0 Å². The Morgan fingerprint density at radius 3 is 2.17 bits per heavy atom. The molecule has 8 heteroatoms. The highest BCUT2D eigenvalue weighted by molar-refractivity contribution is 7.91. The van der Waals surface area contributed by atoms with Gasteiger partial charge < -0.3 is 10.2 Å². The van der Waals surface area contributed by atoms with E-state index in [4.69, 9.17) is 0 Å². The molecule has 2 saturated heterocycles. The smallest absolute Gasteiger partial charge is 0.166 e. The van der Waals surface area contributed by atoms with Gasteiger partial charge in [0.1, 0.15) is 9.84 Å². The van der Waals surface area contributed by atoms with Crippen molar-refractivity contribution in [2.45, 2.75) is 80.8 Å². The molecule has 7 nitrogen and oxygen atoms in total. The number of aliphatic hydroxyl groups is 2. The molecule has 5 rings (SSSR count). The van der Waals surface area contributed by atoms with Gasteiger partial charge in [-0.2, -0.15) is 0 Å². The first-order chi connectivity index (χ1) is 16.6. The van der Waals surface area contributed by atoms with E-state index < -0.39 is 21.8 Å². The molecule has 4 fully saturated rings. The number of nitrogens with zero attached hydrogens (tertiary/aromatic N) is 3. The van der Waals surface area contributed by atoms with Gasteiger partial charge in [-0.15, -0.1) is 0 Å². The minimum atomic E-state index is -2.90. The maximum absolute atomic E-state index is 11.9. The van der Waals surface area contributed by atoms with E-state index in [1.54, 1.807) is 0 Å². The minimum Gasteiger partial charge on any atom is -0.389 e. The second-order valence-corrected chi connectivity index (χ2v) is 14.4. The lowest BCUT2D eigenvalue weighted by molar-refractivity contribution is -0.145. The van der Waals surface area contributed by atoms with Crippen LogP contribution < -0.4 is 0 Å². The average Bonchev–Trinajstić information content (AvgIpc) is 3.06. The van der Waals surface area contributed by atoms with E-state index >= 15 is 0 Å². The zero-order chi connectivity index (χ0) is 24.9. The van der Waals surface area contributed by atoms with Crippen LogP contribution in [0, 0.1) is 5.92 Å². The van der Waals surface area contributed by atoms with E-state index in [2.05, 4.69) is 59.1 Å². The Bertz CT molecular complexity index is 973. The van der Waals surface area contributed by atoms with Crippen molar-refractivity contribution in [3.05, 3.63) is 35.9 Å². The molecule has 2 aliphatic heterocycles. The number of hydrogen-bond donors (Lipinski definition) is 2. The molecule has 2 saturated carbocycles. The molecule has 0 bridgehead atoms. The Labute approximate surface area is 211 Å². The van der Waals surface area contributed by atoms with Crippen LogP contribution in [0.25, 0.3) is 0 Å². The highest BCUT2D eigenvalue weighted by Gasteiger charge is 2.56. The van der Waals surface area contributed by atoms with Crippen LogP contribution in [0.3, 0.4) is 0 Å². The van der Waals surface area contributed by atoms with Crippen LogP contribution in [0.5, 0.6) is 0 Å². The molecule has 2 heterocycles. The number of aliphatic hydroxyl groups excluding tert-OH is 1. The van der Waals surface area contributed by atoms with Crippen molar-refractivity contribution in [1.29, 1.82) is 0 Å². The molecule has 1 aromatic rings. The van der Waals surface area contributed by atoms with Crippen molar-refractivity contribution < 1.29 is 18.6 Å². The van der Waals surface area contributed by atoms with E-state index in [1.165, 1.54) is 5.56 Å². The third-order valence-electron chi connectivity index (χ3n) is 9.80. The van der Waals surface area contributed by atoms with Gasteiger partial charge in [-0.25, -0.2) is 8.42 Å². The number of sulfone groups is 1. The molecule has 2 N–H and O–H groups in total. The third-order valence-corrected chi connectivity index (χ3v) is 11.5. The van der Waals surface area contributed by atoms with E-state index in [0.717, 1.165) is 58.0 Å². The molecule has 196 valence electrons. The summed E-state index contributed by atoms with van der Waals surface area (Å²) >= 11 is 0. The van der Waals surface area contributed by atoms with Crippen molar-refractivity contribution in [2.24, 2.45) is 5.92 Å². The van der Waals surface area contributed by atoms with Gasteiger partial charge in [-0.1, -0.05) is 30.3 Å². The fourth-order valence-corrected chi connectivity index (χ4v) is 8.82. The standard InChI is InChI=1S/C27H43N3O4S/c1-28(2)27(23-7-4-3-5-8-23)15-13-25(14-16-27)20-29(19-22-9-17-35(33,34)18-10-22)24(31)30(25)21-26(32)11-6-12-26/h3-5,7-8,22,24,31-32H,6,9-21H2,1-2H3. The lowest BCUT2D eigenvalue weighted by Crippen LogP contribution is -2.60. The molecule has 0 amide bonds. The summed E-state index contributed by atoms with van der Waals surface area (Å²) < 4.78 is 23.8. The van der Waals surface area contributed by atoms with Gasteiger partial charge in [-0.3, -0.25) is 14.7 Å². The minimum absolute atomic E-state index is 0.0261. The average molecular weight is 506 g/mol. The Morgan fingerprint density at radius 2 is 1.63 bits per heavy atom. The van der Waals surface area contributed by atoms with Crippen LogP contribution in [-0.4, -0.2) is 96.1 Å². The van der Waals surface area contributed by atoms with E-state index in [-0.39, 0.29) is 22.6 Å². The molecule has 4 aliphatic rings. The summed E-state index contributed by atoms with van der Waals surface area (Å²) in [6.07, 6.45) is 7.22. The predicted octanol–water partition coefficient (Wildman–Crippen LogP) is 2.39. The Morgan fingerprint density at radius 1 is 1.00 bits per heavy atom. The number of hydrogen-bond acceptors (Lipinski definition) is 7. The largest absolute Gasteiger partial charge is 0.389 e. The topological polar surface area (TPSA) is 84.3 Å². The molecular weight excluding hydrogens is 462 g/mol. The van der Waals surface area contributed by atoms with E-state index in [1.807, 2.05) is 0 Å². The second kappa shape index (κ2) is 9.37. The van der Waals surface area contributed by atoms with Crippen molar-refractivity contribution in [3.8, 4) is 0 Å². The molecule has 1 atom stereocenters. The van der Waals surface area contributed by atoms with Gasteiger partial charge in [0.2, 0.25) is 0 Å². The van der Waals surface area contributed by atoms with Crippen LogP contribution in [0.1, 0.15) is 63.4 Å². The summed E-state index contributed by atoms with van der Waals surface area (Å²) in [4.78, 5) is 6.76. The number of benzene rings is 1. The Hall–Kier alpha value is -1.03. The molecular formula is C27H43N3O4S. The molecule has 35 heavy (non-hydrogen) atoms. The first kappa shape index (κ1) is 25.6. The monoisotopic (exact) mass is 505 g/mol. The molecule has 0 radical (unpaired) electrons. The van der Waals surface area contributed by atoms with Gasteiger partial charge in [0.25, 0.3) is 0 Å². The summed E-state index contributed by atoms with van der Waals surface area (Å²) in [7, 11) is 1.45. The van der Waals surface area contributed by atoms with Crippen molar-refractivity contribution >= 4 is 9.84 Å². The van der Waals surface area contributed by atoms with Gasteiger partial charge >= 0.3 is 0 Å². The Balaban J connectivity index is 1.36. The summed E-state index contributed by atoms with van der Waals surface area (Å²) in [6, 6.07) is 10.8. The second-order valence-electron chi connectivity index (χ2n) is 12.1. The lowest BCUT2D eigenvalue weighted by atomic mass is 9.67. The fourth-order valence-electron chi connectivity index (χ4n) is 7.23. The first-order valence-electron chi connectivity index (χ1n) is 13.4. The summed E-state index contributed by atoms with van der Waals surface area (Å²) in [5.74, 6) is 0.822. The van der Waals surface area contributed by atoms with Crippen LogP contribution >= 0.6 is 0 Å². The molecule has 1 spiro atoms. The maximum atomic E-state index is 11.9. The normalized spacial score (nSPS) is 33.2. The van der Waals surface area contributed by atoms with Gasteiger partial charge in [-0.05, 0) is 83.4 Å². The van der Waals surface area contributed by atoms with E-state index in [0.29, 0.717) is 25.3 Å². The zero-order valence-electron chi connectivity index (χ0n) is 21.4. The predicted molar refractivity (Wildman–Crippen MR) is 137 cm³/mol. The number of β-amino-alcohol motifs (C(OH)–C–C–N with tert-alkyl or cyclic N) is 1. The number of rotatable bonds is 6. The molecule has 1 unspecified atom stereocenters. The quantitative estimate of drug-likeness (QED) is 0.614. The fraction of sp³-hybridized carbons (Fsp3) is 0.778. The van der Waals surface area contributed by atoms with Crippen LogP contribution in [0.15, 0.2) is 30.3 Å². The van der Waals surface area contributed by atoms with Gasteiger partial charge in [0.15, 0.2) is 6.35 Å². The van der Waals surface area contributed by atoms with Crippen molar-refractivity contribution in [2.75, 3.05) is 45.2 Å². The highest BCUT2D eigenvalue weighted by Crippen LogP contribution is 2.50. The molecule has 1 aromatic carbocycles. The van der Waals surface area contributed by atoms with Crippen molar-refractivity contribution in [1.82, 2.24) is 14.7 Å². The zero-order valence-corrected chi connectivity index (χ0v) is 22.2. The lowest BCUT2D eigenvalue weighted by Gasteiger charge is -2.53.